The van der Waals surface area contributed by atoms with Crippen LogP contribution in [-0.2, 0) is 9.53 Å². The van der Waals surface area contributed by atoms with Crippen LogP contribution in [0.1, 0.15) is 33.9 Å². The highest BCUT2D eigenvalue weighted by atomic mass is 32.1. The summed E-state index contributed by atoms with van der Waals surface area (Å²) >= 11 is 5.83. The van der Waals surface area contributed by atoms with E-state index in [0.29, 0.717) is 39.2 Å². The number of carbonyl (C=O) groups excluding carboxylic acids is 2. The Labute approximate surface area is 259 Å². The van der Waals surface area contributed by atoms with Gasteiger partial charge < -0.3 is 29.4 Å². The highest BCUT2D eigenvalue weighted by Gasteiger charge is 2.42. The number of hydrogen-bond acceptors (Lipinski definition) is 7. The lowest BCUT2D eigenvalue weighted by molar-refractivity contribution is -0.118. The van der Waals surface area contributed by atoms with Gasteiger partial charge in [0, 0.05) is 23.1 Å². The molecule has 0 bridgehead atoms. The lowest BCUT2D eigenvalue weighted by Crippen LogP contribution is -2.29. The Kier molecular flexibility index (Phi) is 8.33. The first kappa shape index (κ1) is 28.6. The van der Waals surface area contributed by atoms with E-state index in [0.717, 1.165) is 11.4 Å². The number of methoxy groups -OCH3 is 1. The minimum Gasteiger partial charge on any atom is -0.484 e. The number of amides is 1. The van der Waals surface area contributed by atoms with Crippen molar-refractivity contribution in [2.24, 2.45) is 0 Å². The lowest BCUT2D eigenvalue weighted by atomic mass is 10.0. The van der Waals surface area contributed by atoms with Crippen molar-refractivity contribution in [3.8, 4) is 17.1 Å². The van der Waals surface area contributed by atoms with Crippen LogP contribution in [0, 0.1) is 0 Å². The molecule has 6 rings (SSSR count). The average Bonchev–Trinajstić information content (AvgIpc) is 3.69. The number of furan rings is 1. The Hall–Kier alpha value is -5.48. The van der Waals surface area contributed by atoms with Gasteiger partial charge in [-0.2, -0.15) is 0 Å². The third kappa shape index (κ3) is 6.02. The van der Waals surface area contributed by atoms with E-state index < -0.39 is 12.0 Å². The third-order valence-corrected chi connectivity index (χ3v) is 7.47. The standard InChI is InChI=1S/C34H28N4O5S/c1-41-33(40)26-12-6-5-11-25(26)28-18-19-29(43-28)32-31(27-13-7-8-20-35-27)37-34(44)38(32)23-16-14-22(15-17-23)36-30(39)21-42-24-9-3-2-4-10-24/h2-20,31-32H,21H2,1H3,(H,36,39)(H,37,44)/t31-,32-/m0/s1. The van der Waals surface area contributed by atoms with Gasteiger partial charge in [-0.05, 0) is 78.9 Å². The maximum absolute atomic E-state index is 12.5. The Morgan fingerprint density at radius 2 is 1.68 bits per heavy atom. The molecule has 10 heteroatoms. The third-order valence-electron chi connectivity index (χ3n) is 7.16. The van der Waals surface area contributed by atoms with Crippen LogP contribution in [0.15, 0.2) is 120 Å². The fourth-order valence-corrected chi connectivity index (χ4v) is 5.48. The number of nitrogens with one attached hydrogen (secondary N) is 2. The van der Waals surface area contributed by atoms with Gasteiger partial charge in [0.05, 0.1) is 24.4 Å². The molecule has 2 N–H and O–H groups in total. The van der Waals surface area contributed by atoms with E-state index in [-0.39, 0.29) is 18.6 Å². The van der Waals surface area contributed by atoms with Gasteiger partial charge in [-0.3, -0.25) is 9.78 Å². The first-order chi connectivity index (χ1) is 21.5. The van der Waals surface area contributed by atoms with Crippen LogP contribution in [0.5, 0.6) is 5.75 Å². The van der Waals surface area contributed by atoms with Crippen LogP contribution < -0.4 is 20.3 Å². The van der Waals surface area contributed by atoms with Crippen LogP contribution in [-0.4, -0.2) is 35.7 Å². The van der Waals surface area contributed by atoms with Gasteiger partial charge in [0.1, 0.15) is 23.3 Å². The topological polar surface area (TPSA) is 106 Å². The Balaban J connectivity index is 1.28. The fourth-order valence-electron chi connectivity index (χ4n) is 5.13. The number of anilines is 2. The van der Waals surface area contributed by atoms with Crippen molar-refractivity contribution in [2.45, 2.75) is 12.1 Å². The summed E-state index contributed by atoms with van der Waals surface area (Å²) in [5.74, 6) is 1.04. The Morgan fingerprint density at radius 3 is 2.43 bits per heavy atom. The van der Waals surface area contributed by atoms with Crippen LogP contribution in [0.25, 0.3) is 11.3 Å². The van der Waals surface area contributed by atoms with Gasteiger partial charge in [0.25, 0.3) is 5.91 Å². The van der Waals surface area contributed by atoms with Crippen molar-refractivity contribution in [3.05, 3.63) is 132 Å². The van der Waals surface area contributed by atoms with Crippen LogP contribution in [0.2, 0.25) is 0 Å². The zero-order valence-electron chi connectivity index (χ0n) is 23.7. The summed E-state index contributed by atoms with van der Waals surface area (Å²) in [6, 6.07) is 32.4. The second-order valence-electron chi connectivity index (χ2n) is 9.93. The fraction of sp³-hybridized carbons (Fsp3) is 0.118. The second kappa shape index (κ2) is 12.8. The number of esters is 1. The van der Waals surface area contributed by atoms with Crippen molar-refractivity contribution >= 4 is 40.6 Å². The SMILES string of the molecule is COC(=O)c1ccccc1-c1ccc([C@H]2[C@H](c3ccccn3)NC(=S)N2c2ccc(NC(=O)COc3ccccc3)cc2)o1. The molecule has 2 aromatic heterocycles. The van der Waals surface area contributed by atoms with Crippen LogP contribution >= 0.6 is 12.2 Å². The molecular weight excluding hydrogens is 576 g/mol. The molecule has 9 nitrogen and oxygen atoms in total. The molecule has 0 radical (unpaired) electrons. The van der Waals surface area contributed by atoms with E-state index >= 15 is 0 Å². The molecule has 5 aromatic rings. The smallest absolute Gasteiger partial charge is 0.338 e. The number of carbonyl (C=O) groups is 2. The summed E-state index contributed by atoms with van der Waals surface area (Å²) in [6.07, 6.45) is 1.74. The summed E-state index contributed by atoms with van der Waals surface area (Å²) in [5.41, 5.74) is 3.22. The molecule has 1 aliphatic rings. The number of benzene rings is 3. The summed E-state index contributed by atoms with van der Waals surface area (Å²) < 4.78 is 17.0. The van der Waals surface area contributed by atoms with Crippen molar-refractivity contribution in [2.75, 3.05) is 23.9 Å². The number of ether oxygens (including phenoxy) is 2. The number of hydrogen-bond donors (Lipinski definition) is 2. The lowest BCUT2D eigenvalue weighted by Gasteiger charge is -2.26. The predicted octanol–water partition coefficient (Wildman–Crippen LogP) is 6.32. The minimum atomic E-state index is -0.450. The summed E-state index contributed by atoms with van der Waals surface area (Å²) in [6.45, 7) is -0.111. The molecular formula is C34H28N4O5S. The largest absolute Gasteiger partial charge is 0.484 e. The second-order valence-corrected chi connectivity index (χ2v) is 10.3. The molecule has 0 saturated carbocycles. The minimum absolute atomic E-state index is 0.111. The van der Waals surface area contributed by atoms with Crippen LogP contribution in [0.4, 0.5) is 11.4 Å². The molecule has 0 unspecified atom stereocenters. The molecule has 3 heterocycles. The normalized spacial score (nSPS) is 15.8. The number of pyridine rings is 1. The monoisotopic (exact) mass is 604 g/mol. The summed E-state index contributed by atoms with van der Waals surface area (Å²) in [7, 11) is 1.35. The quantitative estimate of drug-likeness (QED) is 0.148. The summed E-state index contributed by atoms with van der Waals surface area (Å²) in [4.78, 5) is 31.5. The molecule has 1 saturated heterocycles. The van der Waals surface area contributed by atoms with Crippen LogP contribution in [0.3, 0.4) is 0 Å². The molecule has 1 aliphatic heterocycles. The molecule has 44 heavy (non-hydrogen) atoms. The van der Waals surface area contributed by atoms with Crippen molar-refractivity contribution in [3.63, 3.8) is 0 Å². The van der Waals surface area contributed by atoms with Gasteiger partial charge >= 0.3 is 5.97 Å². The molecule has 0 aliphatic carbocycles. The summed E-state index contributed by atoms with van der Waals surface area (Å²) in [5, 5.41) is 6.76. The Bertz CT molecular complexity index is 1780. The molecule has 1 amide bonds. The van der Waals surface area contributed by atoms with Crippen molar-refractivity contribution in [1.82, 2.24) is 10.3 Å². The van der Waals surface area contributed by atoms with E-state index in [1.165, 1.54) is 7.11 Å². The maximum atomic E-state index is 12.5. The molecule has 1 fully saturated rings. The van der Waals surface area contributed by atoms with E-state index in [1.54, 1.807) is 30.5 Å². The first-order valence-corrected chi connectivity index (χ1v) is 14.3. The Morgan fingerprint density at radius 1 is 0.932 bits per heavy atom. The van der Waals surface area contributed by atoms with Gasteiger partial charge in [-0.15, -0.1) is 0 Å². The van der Waals surface area contributed by atoms with E-state index in [2.05, 4.69) is 15.6 Å². The number of aromatic nitrogens is 1. The maximum Gasteiger partial charge on any atom is 0.338 e. The number of para-hydroxylation sites is 1. The van der Waals surface area contributed by atoms with Gasteiger partial charge in [0.15, 0.2) is 11.7 Å². The number of thiocarbonyl (C=S) groups is 1. The molecule has 2 atom stereocenters. The molecule has 220 valence electrons. The van der Waals surface area contributed by atoms with Crippen molar-refractivity contribution in [1.29, 1.82) is 0 Å². The van der Waals surface area contributed by atoms with E-state index in [1.807, 2.05) is 89.8 Å². The van der Waals surface area contributed by atoms with Gasteiger partial charge in [-0.1, -0.05) is 42.5 Å². The highest BCUT2D eigenvalue weighted by molar-refractivity contribution is 7.80. The van der Waals surface area contributed by atoms with Gasteiger partial charge in [0.2, 0.25) is 0 Å². The average molecular weight is 605 g/mol. The highest BCUT2D eigenvalue weighted by Crippen LogP contribution is 2.43. The van der Waals surface area contributed by atoms with Gasteiger partial charge in [-0.25, -0.2) is 4.79 Å². The molecule has 0 spiro atoms. The zero-order valence-corrected chi connectivity index (χ0v) is 24.5. The number of rotatable bonds is 9. The van der Waals surface area contributed by atoms with E-state index in [9.17, 15) is 9.59 Å². The predicted molar refractivity (Wildman–Crippen MR) is 170 cm³/mol. The van der Waals surface area contributed by atoms with E-state index in [4.69, 9.17) is 26.1 Å². The zero-order chi connectivity index (χ0) is 30.5. The number of nitrogens with zero attached hydrogens (tertiary/aromatic N) is 2. The van der Waals surface area contributed by atoms with Crippen molar-refractivity contribution < 1.29 is 23.5 Å². The first-order valence-electron chi connectivity index (χ1n) is 13.9. The molecule has 3 aromatic carbocycles.